The average molecular weight is 307 g/mol. The zero-order valence-corrected chi connectivity index (χ0v) is 12.4. The molecule has 0 aliphatic rings. The van der Waals surface area contributed by atoms with Gasteiger partial charge in [0.25, 0.3) is 0 Å². The summed E-state index contributed by atoms with van der Waals surface area (Å²) in [6, 6.07) is 2.15. The number of rotatable bonds is 5. The van der Waals surface area contributed by atoms with Crippen molar-refractivity contribution in [3.05, 3.63) is 33.6 Å². The molecule has 0 heterocycles. The van der Waals surface area contributed by atoms with Crippen LogP contribution in [0.4, 0.5) is 4.39 Å². The second-order valence-corrected chi connectivity index (χ2v) is 5.41. The van der Waals surface area contributed by atoms with E-state index in [0.29, 0.717) is 23.4 Å². The molecule has 0 radical (unpaired) electrons. The molecule has 19 heavy (non-hydrogen) atoms. The van der Waals surface area contributed by atoms with Gasteiger partial charge in [0, 0.05) is 17.5 Å². The molecule has 0 saturated carbocycles. The van der Waals surface area contributed by atoms with Gasteiger partial charge in [-0.3, -0.25) is 4.79 Å². The van der Waals surface area contributed by atoms with Gasteiger partial charge in [-0.1, -0.05) is 23.2 Å². The highest BCUT2D eigenvalue weighted by atomic mass is 35.5. The molecule has 2 atom stereocenters. The number of hydrogen-bond acceptors (Lipinski definition) is 2. The van der Waals surface area contributed by atoms with E-state index in [2.05, 4.69) is 5.32 Å². The Morgan fingerprint density at radius 3 is 2.58 bits per heavy atom. The van der Waals surface area contributed by atoms with Crippen LogP contribution in [0.25, 0.3) is 0 Å². The topological polar surface area (TPSA) is 55.1 Å². The molecular weight excluding hydrogens is 290 g/mol. The lowest BCUT2D eigenvalue weighted by Crippen LogP contribution is -2.28. The Morgan fingerprint density at radius 1 is 1.37 bits per heavy atom. The van der Waals surface area contributed by atoms with E-state index in [1.54, 1.807) is 6.92 Å². The molecule has 6 heteroatoms. The first-order valence-corrected chi connectivity index (χ1v) is 6.76. The quantitative estimate of drug-likeness (QED) is 0.819. The molecule has 1 rings (SSSR count). The minimum atomic E-state index is -0.558. The van der Waals surface area contributed by atoms with Crippen LogP contribution in [0.15, 0.2) is 12.1 Å². The van der Waals surface area contributed by atoms with E-state index in [9.17, 15) is 9.18 Å². The molecular formula is C13H17Cl2FN2O. The Balaban J connectivity index is 2.70. The van der Waals surface area contributed by atoms with Crippen molar-refractivity contribution in [2.75, 3.05) is 0 Å². The highest BCUT2D eigenvalue weighted by Crippen LogP contribution is 2.28. The summed E-state index contributed by atoms with van der Waals surface area (Å²) in [6.45, 7) is 3.57. The fraction of sp³-hybridized carbons (Fsp3) is 0.462. The number of nitrogens with two attached hydrogens (primary N) is 1. The van der Waals surface area contributed by atoms with Crippen molar-refractivity contribution < 1.29 is 9.18 Å². The van der Waals surface area contributed by atoms with E-state index < -0.39 is 5.82 Å². The second-order valence-electron chi connectivity index (χ2n) is 4.59. The number of hydrogen-bond donors (Lipinski definition) is 2. The smallest absolute Gasteiger partial charge is 0.220 e. The highest BCUT2D eigenvalue weighted by Gasteiger charge is 2.15. The molecule has 0 aromatic heterocycles. The van der Waals surface area contributed by atoms with Crippen LogP contribution in [0.5, 0.6) is 0 Å². The summed E-state index contributed by atoms with van der Waals surface area (Å²) in [7, 11) is 0. The Kier molecular flexibility index (Phi) is 6.04. The molecule has 0 fully saturated rings. The standard InChI is InChI=1S/C13H17Cl2FN2O/c1-7(17)3-4-13(19)18-8(2)9-5-12(16)11(15)6-10(9)14/h5-8H,3-4,17H2,1-2H3,(H,18,19). The van der Waals surface area contributed by atoms with E-state index in [0.717, 1.165) is 0 Å². The first-order valence-electron chi connectivity index (χ1n) is 6.00. The van der Waals surface area contributed by atoms with E-state index in [-0.39, 0.29) is 23.0 Å². The number of nitrogens with one attached hydrogen (secondary N) is 1. The number of carbonyl (C=O) groups excluding carboxylic acids is 1. The van der Waals surface area contributed by atoms with Crippen LogP contribution in [0.3, 0.4) is 0 Å². The molecule has 0 saturated heterocycles. The van der Waals surface area contributed by atoms with Gasteiger partial charge < -0.3 is 11.1 Å². The molecule has 1 amide bonds. The third-order valence-electron chi connectivity index (χ3n) is 2.71. The van der Waals surface area contributed by atoms with Crippen LogP contribution in [0.1, 0.15) is 38.3 Å². The van der Waals surface area contributed by atoms with E-state index >= 15 is 0 Å². The lowest BCUT2D eigenvalue weighted by molar-refractivity contribution is -0.121. The maximum absolute atomic E-state index is 13.4. The lowest BCUT2D eigenvalue weighted by Gasteiger charge is -2.16. The van der Waals surface area contributed by atoms with Crippen LogP contribution >= 0.6 is 23.2 Å². The van der Waals surface area contributed by atoms with Crippen molar-refractivity contribution in [2.24, 2.45) is 5.73 Å². The van der Waals surface area contributed by atoms with Crippen molar-refractivity contribution in [1.29, 1.82) is 0 Å². The normalized spacial score (nSPS) is 14.0. The van der Waals surface area contributed by atoms with Gasteiger partial charge in [-0.2, -0.15) is 0 Å². The van der Waals surface area contributed by atoms with Crippen LogP contribution in [-0.4, -0.2) is 11.9 Å². The van der Waals surface area contributed by atoms with Gasteiger partial charge in [-0.25, -0.2) is 4.39 Å². The lowest BCUT2D eigenvalue weighted by atomic mass is 10.1. The number of halogens is 3. The van der Waals surface area contributed by atoms with E-state index in [1.807, 2.05) is 6.92 Å². The SMILES string of the molecule is CC(N)CCC(=O)NC(C)c1cc(F)c(Cl)cc1Cl. The molecule has 1 aromatic rings. The van der Waals surface area contributed by atoms with Crippen LogP contribution in [0, 0.1) is 5.82 Å². The molecule has 0 bridgehead atoms. The molecule has 1 aromatic carbocycles. The van der Waals surface area contributed by atoms with Crippen molar-refractivity contribution >= 4 is 29.1 Å². The summed E-state index contributed by atoms with van der Waals surface area (Å²) >= 11 is 11.6. The van der Waals surface area contributed by atoms with E-state index in [1.165, 1.54) is 12.1 Å². The zero-order chi connectivity index (χ0) is 14.6. The summed E-state index contributed by atoms with van der Waals surface area (Å²) in [6.07, 6.45) is 0.928. The van der Waals surface area contributed by atoms with Crippen LogP contribution in [0.2, 0.25) is 10.0 Å². The third-order valence-corrected chi connectivity index (χ3v) is 3.33. The molecule has 0 aliphatic heterocycles. The van der Waals surface area contributed by atoms with Gasteiger partial charge in [-0.15, -0.1) is 0 Å². The molecule has 0 aliphatic carbocycles. The summed E-state index contributed by atoms with van der Waals surface area (Å²) < 4.78 is 13.4. The predicted molar refractivity (Wildman–Crippen MR) is 75.9 cm³/mol. The van der Waals surface area contributed by atoms with Gasteiger partial charge in [0.15, 0.2) is 0 Å². The predicted octanol–water partition coefficient (Wildman–Crippen LogP) is 3.44. The first-order chi connectivity index (χ1) is 8.81. The van der Waals surface area contributed by atoms with Gasteiger partial charge in [0.1, 0.15) is 5.82 Å². The fourth-order valence-corrected chi connectivity index (χ4v) is 2.17. The number of carbonyl (C=O) groups is 1. The third kappa shape index (κ3) is 4.97. The molecule has 106 valence electrons. The van der Waals surface area contributed by atoms with Gasteiger partial charge in [0.2, 0.25) is 5.91 Å². The molecule has 2 unspecified atom stereocenters. The second kappa shape index (κ2) is 7.08. The number of benzene rings is 1. The molecule has 0 spiro atoms. The summed E-state index contributed by atoms with van der Waals surface area (Å²) in [5.41, 5.74) is 6.08. The zero-order valence-electron chi connectivity index (χ0n) is 10.8. The van der Waals surface area contributed by atoms with Crippen molar-refractivity contribution in [1.82, 2.24) is 5.32 Å². The fourth-order valence-electron chi connectivity index (χ4n) is 1.62. The van der Waals surface area contributed by atoms with Gasteiger partial charge in [-0.05, 0) is 38.0 Å². The Labute approximate surface area is 122 Å². The summed E-state index contributed by atoms with van der Waals surface area (Å²) in [4.78, 5) is 11.7. The van der Waals surface area contributed by atoms with Crippen molar-refractivity contribution in [3.63, 3.8) is 0 Å². The monoisotopic (exact) mass is 306 g/mol. The largest absolute Gasteiger partial charge is 0.350 e. The average Bonchev–Trinajstić information content (AvgIpc) is 2.31. The molecule has 3 N–H and O–H groups in total. The van der Waals surface area contributed by atoms with Crippen molar-refractivity contribution in [3.8, 4) is 0 Å². The maximum atomic E-state index is 13.4. The van der Waals surface area contributed by atoms with Gasteiger partial charge >= 0.3 is 0 Å². The van der Waals surface area contributed by atoms with Crippen LogP contribution in [-0.2, 0) is 4.79 Å². The summed E-state index contributed by atoms with van der Waals surface area (Å²) in [5, 5.41) is 3.04. The minimum absolute atomic E-state index is 0.0300. The minimum Gasteiger partial charge on any atom is -0.350 e. The Hall–Kier alpha value is -0.840. The molecule has 3 nitrogen and oxygen atoms in total. The number of amides is 1. The summed E-state index contributed by atoms with van der Waals surface area (Å²) in [5.74, 6) is -0.700. The van der Waals surface area contributed by atoms with Crippen molar-refractivity contribution in [2.45, 2.75) is 38.8 Å². The maximum Gasteiger partial charge on any atom is 0.220 e. The van der Waals surface area contributed by atoms with E-state index in [4.69, 9.17) is 28.9 Å². The first kappa shape index (κ1) is 16.2. The van der Waals surface area contributed by atoms with Crippen LogP contribution < -0.4 is 11.1 Å². The van der Waals surface area contributed by atoms with Gasteiger partial charge in [0.05, 0.1) is 11.1 Å². The highest BCUT2D eigenvalue weighted by molar-refractivity contribution is 6.35. The Morgan fingerprint density at radius 2 is 2.00 bits per heavy atom. The Bertz CT molecular complexity index is 466.